The summed E-state index contributed by atoms with van der Waals surface area (Å²) in [5, 5.41) is 2.92. The van der Waals surface area contributed by atoms with E-state index in [1.54, 1.807) is 12.3 Å². The third kappa shape index (κ3) is 3.94. The van der Waals surface area contributed by atoms with Crippen LogP contribution in [0.15, 0.2) is 23.2 Å². The highest BCUT2D eigenvalue weighted by molar-refractivity contribution is 7.90. The summed E-state index contributed by atoms with van der Waals surface area (Å²) >= 11 is 0. The van der Waals surface area contributed by atoms with Crippen molar-refractivity contribution in [3.8, 4) is 0 Å². The summed E-state index contributed by atoms with van der Waals surface area (Å²) in [6, 6.07) is 3.45. The highest BCUT2D eigenvalue weighted by atomic mass is 32.2. The molecule has 7 nitrogen and oxygen atoms in total. The number of nitrogens with one attached hydrogen (secondary N) is 2. The van der Waals surface area contributed by atoms with E-state index in [2.05, 4.69) is 21.0 Å². The number of hydrogen-bond acceptors (Lipinski definition) is 4. The van der Waals surface area contributed by atoms with Gasteiger partial charge in [0, 0.05) is 30.2 Å². The first-order valence-corrected chi connectivity index (χ1v) is 13.2. The number of benzene rings is 1. The van der Waals surface area contributed by atoms with Crippen LogP contribution < -0.4 is 10.0 Å². The quantitative estimate of drug-likeness (QED) is 0.693. The molecule has 32 heavy (non-hydrogen) atoms. The van der Waals surface area contributed by atoms with Crippen LogP contribution in [0.1, 0.15) is 67.1 Å². The minimum Gasteiger partial charge on any atom is -0.346 e. The lowest BCUT2D eigenvalue weighted by Gasteiger charge is -2.31. The van der Waals surface area contributed by atoms with Crippen molar-refractivity contribution in [3.05, 3.63) is 46.3 Å². The zero-order chi connectivity index (χ0) is 22.5. The maximum atomic E-state index is 13.1. The Labute approximate surface area is 190 Å². The molecule has 172 valence electrons. The number of aryl methyl sites for hydroxylation is 2. The summed E-state index contributed by atoms with van der Waals surface area (Å²) in [7, 11) is -3.97. The number of hydrogen-bond donors (Lipinski definition) is 2. The van der Waals surface area contributed by atoms with Gasteiger partial charge >= 0.3 is 6.03 Å². The van der Waals surface area contributed by atoms with E-state index in [0.29, 0.717) is 0 Å². The van der Waals surface area contributed by atoms with Gasteiger partial charge in [0.2, 0.25) is 0 Å². The Bertz CT molecular complexity index is 1130. The summed E-state index contributed by atoms with van der Waals surface area (Å²) in [6.07, 6.45) is 8.91. The van der Waals surface area contributed by atoms with Crippen molar-refractivity contribution < 1.29 is 13.2 Å². The number of sulfonamides is 1. The predicted molar refractivity (Wildman–Crippen MR) is 125 cm³/mol. The lowest BCUT2D eigenvalue weighted by Crippen LogP contribution is -2.37. The van der Waals surface area contributed by atoms with Crippen LogP contribution in [0.5, 0.6) is 0 Å². The van der Waals surface area contributed by atoms with E-state index >= 15 is 0 Å². The Balaban J connectivity index is 1.37. The molecule has 0 spiro atoms. The number of carbonyl (C=O) groups is 1. The smallest absolute Gasteiger partial charge is 0.333 e. The average Bonchev–Trinajstić information content (AvgIpc) is 3.42. The van der Waals surface area contributed by atoms with Crippen LogP contribution in [0, 0.1) is 0 Å². The van der Waals surface area contributed by atoms with Gasteiger partial charge in [0.25, 0.3) is 10.0 Å². The molecule has 0 atom stereocenters. The lowest BCUT2D eigenvalue weighted by molar-refractivity contribution is 0.167. The summed E-state index contributed by atoms with van der Waals surface area (Å²) in [5.74, 6) is 0. The Kier molecular flexibility index (Phi) is 5.53. The second-order valence-electron chi connectivity index (χ2n) is 9.59. The molecular weight excluding hydrogens is 424 g/mol. The maximum absolute atomic E-state index is 13.1. The number of urea groups is 1. The number of fused-ring (bicyclic) bond motifs is 2. The topological polar surface area (TPSA) is 83.4 Å². The normalized spacial score (nSPS) is 17.8. The van der Waals surface area contributed by atoms with Crippen LogP contribution in [0.2, 0.25) is 0 Å². The molecule has 3 aliphatic rings. The lowest BCUT2D eigenvalue weighted by atomic mass is 9.99. The molecule has 0 unspecified atom stereocenters. The van der Waals surface area contributed by atoms with Gasteiger partial charge < -0.3 is 9.88 Å². The summed E-state index contributed by atoms with van der Waals surface area (Å²) < 4.78 is 30.4. The average molecular weight is 457 g/mol. The van der Waals surface area contributed by atoms with Gasteiger partial charge in [-0.05, 0) is 100 Å². The zero-order valence-corrected chi connectivity index (χ0v) is 19.7. The van der Waals surface area contributed by atoms with Gasteiger partial charge in [-0.15, -0.1) is 0 Å². The van der Waals surface area contributed by atoms with Crippen molar-refractivity contribution in [2.45, 2.75) is 76.3 Å². The van der Waals surface area contributed by atoms with E-state index < -0.39 is 16.1 Å². The van der Waals surface area contributed by atoms with E-state index in [0.717, 1.165) is 69.5 Å². The maximum Gasteiger partial charge on any atom is 0.333 e. The van der Waals surface area contributed by atoms with Gasteiger partial charge in [-0.25, -0.2) is 17.9 Å². The van der Waals surface area contributed by atoms with E-state index in [9.17, 15) is 13.2 Å². The number of amides is 2. The Morgan fingerprint density at radius 1 is 1.00 bits per heavy atom. The summed E-state index contributed by atoms with van der Waals surface area (Å²) in [4.78, 5) is 15.3. The minimum absolute atomic E-state index is 0.138. The van der Waals surface area contributed by atoms with Crippen LogP contribution in [-0.2, 0) is 42.3 Å². The van der Waals surface area contributed by atoms with E-state index in [1.807, 2.05) is 18.4 Å². The SMILES string of the molecule is CC(C)n1cc(S(=O)(=O)NC(=O)Nc2c3c(cc4c2CCC4)CCC3)cc1CN1CCC1. The van der Waals surface area contributed by atoms with Crippen LogP contribution in [0.25, 0.3) is 0 Å². The van der Waals surface area contributed by atoms with Gasteiger partial charge in [0.05, 0.1) is 0 Å². The highest BCUT2D eigenvalue weighted by Gasteiger charge is 2.27. The van der Waals surface area contributed by atoms with E-state index in [1.165, 1.54) is 28.7 Å². The standard InChI is InChI=1S/C24H32N4O3S/c1-16(2)28-15-20(13-19(28)14-27-10-5-11-27)32(30,31)26-24(29)25-23-21-8-3-6-17(21)12-18-7-4-9-22(18)23/h12-13,15-16H,3-11,14H2,1-2H3,(H2,25,26,29). The van der Waals surface area contributed by atoms with Gasteiger partial charge in [-0.2, -0.15) is 0 Å². The van der Waals surface area contributed by atoms with Crippen molar-refractivity contribution in [1.29, 1.82) is 0 Å². The van der Waals surface area contributed by atoms with Crippen LogP contribution in [0.4, 0.5) is 10.5 Å². The highest BCUT2D eigenvalue weighted by Crippen LogP contribution is 2.38. The molecule has 2 aliphatic carbocycles. The summed E-state index contributed by atoms with van der Waals surface area (Å²) in [6.45, 7) is 6.87. The fourth-order valence-corrected chi connectivity index (χ4v) is 6.26. The van der Waals surface area contributed by atoms with Crippen LogP contribution in [-0.4, -0.2) is 37.0 Å². The number of carbonyl (C=O) groups excluding carboxylic acids is 1. The molecule has 1 aromatic heterocycles. The van der Waals surface area contributed by atoms with Crippen molar-refractivity contribution in [2.75, 3.05) is 18.4 Å². The van der Waals surface area contributed by atoms with Crippen molar-refractivity contribution >= 4 is 21.7 Å². The predicted octanol–water partition coefficient (Wildman–Crippen LogP) is 3.76. The van der Waals surface area contributed by atoms with Crippen molar-refractivity contribution in [1.82, 2.24) is 14.2 Å². The molecule has 0 saturated carbocycles. The van der Waals surface area contributed by atoms with Crippen LogP contribution in [0.3, 0.4) is 0 Å². The molecule has 1 aromatic carbocycles. The van der Waals surface area contributed by atoms with Gasteiger partial charge in [0.15, 0.2) is 0 Å². The minimum atomic E-state index is -3.97. The molecule has 5 rings (SSSR count). The fourth-order valence-electron chi connectivity index (χ4n) is 5.31. The molecule has 2 N–H and O–H groups in total. The van der Waals surface area contributed by atoms with E-state index in [4.69, 9.17) is 0 Å². The number of rotatable bonds is 6. The molecule has 1 aliphatic heterocycles. The van der Waals surface area contributed by atoms with Crippen molar-refractivity contribution in [3.63, 3.8) is 0 Å². The fraction of sp³-hybridized carbons (Fsp3) is 0.542. The second-order valence-corrected chi connectivity index (χ2v) is 11.3. The summed E-state index contributed by atoms with van der Waals surface area (Å²) in [5.41, 5.74) is 6.77. The molecule has 1 saturated heterocycles. The third-order valence-corrected chi connectivity index (χ3v) is 8.34. The molecule has 2 heterocycles. The number of likely N-dealkylation sites (tertiary alicyclic amines) is 1. The van der Waals surface area contributed by atoms with E-state index in [-0.39, 0.29) is 10.9 Å². The molecule has 0 radical (unpaired) electrons. The Hall–Kier alpha value is -2.32. The zero-order valence-electron chi connectivity index (χ0n) is 18.9. The first-order valence-electron chi connectivity index (χ1n) is 11.8. The molecule has 2 amide bonds. The Morgan fingerprint density at radius 3 is 2.22 bits per heavy atom. The molecule has 8 heteroatoms. The molecule has 0 bridgehead atoms. The Morgan fingerprint density at radius 2 is 1.66 bits per heavy atom. The van der Waals surface area contributed by atoms with Crippen LogP contribution >= 0.6 is 0 Å². The molecular formula is C24H32N4O3S. The van der Waals surface area contributed by atoms with Gasteiger partial charge in [-0.3, -0.25) is 4.90 Å². The monoisotopic (exact) mass is 456 g/mol. The second kappa shape index (κ2) is 8.23. The van der Waals surface area contributed by atoms with Crippen molar-refractivity contribution in [2.24, 2.45) is 0 Å². The third-order valence-electron chi connectivity index (χ3n) is 7.05. The molecule has 2 aromatic rings. The van der Waals surface area contributed by atoms with Gasteiger partial charge in [0.1, 0.15) is 4.90 Å². The van der Waals surface area contributed by atoms with Gasteiger partial charge in [-0.1, -0.05) is 6.07 Å². The number of aromatic nitrogens is 1. The largest absolute Gasteiger partial charge is 0.346 e. The first-order chi connectivity index (χ1) is 15.3. The number of anilines is 1. The number of nitrogens with zero attached hydrogens (tertiary/aromatic N) is 2. The first kappa shape index (κ1) is 21.5. The molecule has 1 fully saturated rings.